The third-order valence-electron chi connectivity index (χ3n) is 3.05. The van der Waals surface area contributed by atoms with E-state index in [4.69, 9.17) is 9.84 Å². The number of nitrogens with zero attached hydrogens (tertiary/aromatic N) is 1. The van der Waals surface area contributed by atoms with Gasteiger partial charge in [-0.05, 0) is 26.7 Å². The van der Waals surface area contributed by atoms with E-state index in [9.17, 15) is 9.59 Å². The van der Waals surface area contributed by atoms with Crippen molar-refractivity contribution in [1.29, 1.82) is 0 Å². The van der Waals surface area contributed by atoms with Crippen LogP contribution in [-0.2, 0) is 16.0 Å². The minimum absolute atomic E-state index is 0.0746. The van der Waals surface area contributed by atoms with Crippen LogP contribution in [0.2, 0.25) is 0 Å². The fourth-order valence-electron chi connectivity index (χ4n) is 2.07. The van der Waals surface area contributed by atoms with Crippen molar-refractivity contribution in [3.8, 4) is 0 Å². The van der Waals surface area contributed by atoms with E-state index in [0.29, 0.717) is 23.7 Å². The number of aliphatic carboxylic acids is 1. The van der Waals surface area contributed by atoms with Gasteiger partial charge in [-0.15, -0.1) is 0 Å². The Morgan fingerprint density at radius 2 is 2.15 bits per heavy atom. The van der Waals surface area contributed by atoms with Crippen molar-refractivity contribution < 1.29 is 14.6 Å². The summed E-state index contributed by atoms with van der Waals surface area (Å²) in [5, 5.41) is 8.69. The summed E-state index contributed by atoms with van der Waals surface area (Å²) in [6, 6.07) is 0. The van der Waals surface area contributed by atoms with Gasteiger partial charge in [-0.1, -0.05) is 13.3 Å². The van der Waals surface area contributed by atoms with Crippen molar-refractivity contribution in [3.05, 3.63) is 27.4 Å². The Balaban J connectivity index is 3.01. The third-order valence-corrected chi connectivity index (χ3v) is 3.05. The molecule has 20 heavy (non-hydrogen) atoms. The van der Waals surface area contributed by atoms with Crippen molar-refractivity contribution >= 4 is 5.97 Å². The van der Waals surface area contributed by atoms with Gasteiger partial charge in [-0.3, -0.25) is 9.59 Å². The summed E-state index contributed by atoms with van der Waals surface area (Å²) < 4.78 is 5.59. The molecule has 0 fully saturated rings. The number of hydrogen-bond acceptors (Lipinski definition) is 4. The zero-order valence-electron chi connectivity index (χ0n) is 12.2. The molecule has 1 aromatic heterocycles. The number of carboxylic acid groups (broad SMARTS) is 1. The van der Waals surface area contributed by atoms with Gasteiger partial charge >= 0.3 is 5.97 Å². The van der Waals surface area contributed by atoms with Gasteiger partial charge in [0.25, 0.3) is 5.56 Å². The normalized spacial score (nSPS) is 12.3. The van der Waals surface area contributed by atoms with Crippen LogP contribution in [0.15, 0.2) is 4.79 Å². The average Bonchev–Trinajstić information content (AvgIpc) is 2.37. The fourth-order valence-corrected chi connectivity index (χ4v) is 2.07. The van der Waals surface area contributed by atoms with E-state index < -0.39 is 5.97 Å². The predicted octanol–water partition coefficient (Wildman–Crippen LogP) is 1.97. The number of aryl methyl sites for hydroxylation is 1. The summed E-state index contributed by atoms with van der Waals surface area (Å²) in [5.74, 6) is -0.402. The highest BCUT2D eigenvalue weighted by Crippen LogP contribution is 2.19. The molecule has 112 valence electrons. The van der Waals surface area contributed by atoms with Crippen molar-refractivity contribution in [2.45, 2.75) is 52.6 Å². The molecule has 6 heteroatoms. The third kappa shape index (κ3) is 4.45. The minimum atomic E-state index is -0.925. The molecule has 0 saturated carbocycles. The average molecular weight is 282 g/mol. The van der Waals surface area contributed by atoms with Crippen molar-refractivity contribution in [3.63, 3.8) is 0 Å². The maximum atomic E-state index is 12.0. The van der Waals surface area contributed by atoms with E-state index in [1.807, 2.05) is 13.8 Å². The zero-order chi connectivity index (χ0) is 15.1. The number of aromatic amines is 1. The van der Waals surface area contributed by atoms with Gasteiger partial charge in [0.1, 0.15) is 11.9 Å². The van der Waals surface area contributed by atoms with Crippen LogP contribution >= 0.6 is 0 Å². The molecule has 0 aliphatic rings. The molecule has 0 aromatic carbocycles. The van der Waals surface area contributed by atoms with Crippen LogP contribution < -0.4 is 5.56 Å². The fraction of sp³-hybridized carbons (Fsp3) is 0.643. The highest BCUT2D eigenvalue weighted by atomic mass is 16.5. The lowest BCUT2D eigenvalue weighted by Crippen LogP contribution is -2.22. The summed E-state index contributed by atoms with van der Waals surface area (Å²) in [6.45, 7) is 6.21. The van der Waals surface area contributed by atoms with E-state index in [1.54, 1.807) is 6.92 Å². The Kier molecular flexibility index (Phi) is 6.38. The van der Waals surface area contributed by atoms with Gasteiger partial charge < -0.3 is 14.8 Å². The molecule has 0 spiro atoms. The number of carboxylic acids is 1. The number of rotatable bonds is 8. The van der Waals surface area contributed by atoms with Crippen molar-refractivity contribution in [2.75, 3.05) is 6.61 Å². The van der Waals surface area contributed by atoms with Crippen LogP contribution in [-0.4, -0.2) is 27.7 Å². The largest absolute Gasteiger partial charge is 0.481 e. The van der Waals surface area contributed by atoms with Gasteiger partial charge in [-0.25, -0.2) is 4.98 Å². The maximum Gasteiger partial charge on any atom is 0.303 e. The van der Waals surface area contributed by atoms with Crippen molar-refractivity contribution in [1.82, 2.24) is 9.97 Å². The first-order chi connectivity index (χ1) is 9.49. The van der Waals surface area contributed by atoms with Crippen LogP contribution in [0.1, 0.15) is 56.3 Å². The summed E-state index contributed by atoms with van der Waals surface area (Å²) >= 11 is 0. The Labute approximate surface area is 118 Å². The van der Waals surface area contributed by atoms with E-state index in [2.05, 4.69) is 9.97 Å². The number of nitrogens with one attached hydrogen (secondary N) is 1. The first-order valence-corrected chi connectivity index (χ1v) is 6.92. The number of hydrogen-bond donors (Lipinski definition) is 2. The molecule has 0 saturated heterocycles. The molecule has 2 N–H and O–H groups in total. The van der Waals surface area contributed by atoms with Crippen LogP contribution in [0, 0.1) is 6.92 Å². The summed E-state index contributed by atoms with van der Waals surface area (Å²) in [6.07, 6.45) is 1.61. The van der Waals surface area contributed by atoms with E-state index in [-0.39, 0.29) is 24.5 Å². The van der Waals surface area contributed by atoms with Gasteiger partial charge in [0.05, 0.1) is 0 Å². The van der Waals surface area contributed by atoms with Crippen LogP contribution in [0.3, 0.4) is 0 Å². The van der Waals surface area contributed by atoms with Gasteiger partial charge in [-0.2, -0.15) is 0 Å². The molecular weight excluding hydrogens is 260 g/mol. The Morgan fingerprint density at radius 1 is 1.45 bits per heavy atom. The maximum absolute atomic E-state index is 12.0. The van der Waals surface area contributed by atoms with E-state index in [0.717, 1.165) is 12.8 Å². The first kappa shape index (κ1) is 16.4. The molecular formula is C14H22N2O4. The highest BCUT2D eigenvalue weighted by molar-refractivity contribution is 5.67. The molecule has 1 aromatic rings. The Morgan fingerprint density at radius 3 is 2.65 bits per heavy atom. The predicted molar refractivity (Wildman–Crippen MR) is 74.8 cm³/mol. The topological polar surface area (TPSA) is 92.3 Å². The standard InChI is InChI=1S/C14H22N2O4/c1-4-6-11(20-5-2)13-15-9(3)10(14(19)16-13)7-8-12(17)18/h11H,4-8H2,1-3H3,(H,17,18)(H,15,16,19). The monoisotopic (exact) mass is 282 g/mol. The lowest BCUT2D eigenvalue weighted by atomic mass is 10.1. The summed E-state index contributed by atoms with van der Waals surface area (Å²) in [5.41, 5.74) is 0.739. The quantitative estimate of drug-likeness (QED) is 0.760. The van der Waals surface area contributed by atoms with E-state index >= 15 is 0 Å². The van der Waals surface area contributed by atoms with Crippen molar-refractivity contribution in [2.24, 2.45) is 0 Å². The second kappa shape index (κ2) is 7.79. The molecule has 0 aliphatic carbocycles. The first-order valence-electron chi connectivity index (χ1n) is 6.92. The molecule has 0 amide bonds. The molecule has 0 radical (unpaired) electrons. The minimum Gasteiger partial charge on any atom is -0.481 e. The molecule has 0 bridgehead atoms. The molecule has 1 heterocycles. The van der Waals surface area contributed by atoms with Gasteiger partial charge in [0.2, 0.25) is 0 Å². The smallest absolute Gasteiger partial charge is 0.303 e. The highest BCUT2D eigenvalue weighted by Gasteiger charge is 2.16. The molecule has 1 atom stereocenters. The van der Waals surface area contributed by atoms with Gasteiger partial charge in [0.15, 0.2) is 0 Å². The zero-order valence-corrected chi connectivity index (χ0v) is 12.2. The molecule has 0 aliphatic heterocycles. The van der Waals surface area contributed by atoms with Crippen LogP contribution in [0.4, 0.5) is 0 Å². The second-order valence-electron chi connectivity index (χ2n) is 4.64. The Hall–Kier alpha value is -1.69. The number of aromatic nitrogens is 2. The Bertz CT molecular complexity index is 504. The summed E-state index contributed by atoms with van der Waals surface area (Å²) in [7, 11) is 0. The molecule has 1 rings (SSSR count). The lowest BCUT2D eigenvalue weighted by molar-refractivity contribution is -0.136. The summed E-state index contributed by atoms with van der Waals surface area (Å²) in [4.78, 5) is 29.7. The molecule has 1 unspecified atom stereocenters. The lowest BCUT2D eigenvalue weighted by Gasteiger charge is -2.16. The molecule has 6 nitrogen and oxygen atoms in total. The van der Waals surface area contributed by atoms with Gasteiger partial charge in [0, 0.05) is 24.3 Å². The van der Waals surface area contributed by atoms with Crippen LogP contribution in [0.25, 0.3) is 0 Å². The number of H-pyrrole nitrogens is 1. The second-order valence-corrected chi connectivity index (χ2v) is 4.64. The number of carbonyl (C=O) groups is 1. The van der Waals surface area contributed by atoms with E-state index in [1.165, 1.54) is 0 Å². The number of ether oxygens (including phenoxy) is 1. The SMILES string of the molecule is CCCC(OCC)c1nc(C)c(CCC(=O)O)c(=O)[nH]1. The van der Waals surface area contributed by atoms with Crippen LogP contribution in [0.5, 0.6) is 0 Å².